The van der Waals surface area contributed by atoms with Crippen LogP contribution in [0.5, 0.6) is 5.75 Å². The van der Waals surface area contributed by atoms with Crippen molar-refractivity contribution in [2.24, 2.45) is 0 Å². The maximum absolute atomic E-state index is 5.81. The highest BCUT2D eigenvalue weighted by Crippen LogP contribution is 2.25. The molecule has 2 aromatic rings. The van der Waals surface area contributed by atoms with Gasteiger partial charge in [-0.2, -0.15) is 5.10 Å². The topological polar surface area (TPSA) is 39.1 Å². The first kappa shape index (κ1) is 15.6. The molecule has 1 atom stereocenters. The normalized spacial score (nSPS) is 12.6. The van der Waals surface area contributed by atoms with Gasteiger partial charge in [-0.3, -0.25) is 4.68 Å². The average molecular weight is 287 g/mol. The van der Waals surface area contributed by atoms with E-state index in [-0.39, 0.29) is 12.1 Å². The van der Waals surface area contributed by atoms with E-state index in [1.807, 2.05) is 36.9 Å². The van der Waals surface area contributed by atoms with E-state index in [1.165, 1.54) is 11.3 Å². The standard InChI is InChI=1S/C17H25N3O/c1-5-18-17(16-10-11-19-20(16)6-2)14-8-7-9-15(12-14)21-13(3)4/h7-13,17-18H,5-6H2,1-4H3. The molecule has 0 aliphatic heterocycles. The van der Waals surface area contributed by atoms with Crippen molar-refractivity contribution in [1.82, 2.24) is 15.1 Å². The predicted molar refractivity (Wildman–Crippen MR) is 85.6 cm³/mol. The second kappa shape index (κ2) is 7.27. The van der Waals surface area contributed by atoms with E-state index in [0.717, 1.165) is 18.8 Å². The highest BCUT2D eigenvalue weighted by molar-refractivity contribution is 5.34. The summed E-state index contributed by atoms with van der Waals surface area (Å²) in [6, 6.07) is 10.5. The fraction of sp³-hybridized carbons (Fsp3) is 0.471. The molecule has 1 unspecified atom stereocenters. The van der Waals surface area contributed by atoms with E-state index in [2.05, 4.69) is 42.5 Å². The molecular weight excluding hydrogens is 262 g/mol. The molecule has 1 heterocycles. The summed E-state index contributed by atoms with van der Waals surface area (Å²) in [4.78, 5) is 0. The van der Waals surface area contributed by atoms with Crippen LogP contribution in [0.2, 0.25) is 0 Å². The van der Waals surface area contributed by atoms with Crippen molar-refractivity contribution >= 4 is 0 Å². The second-order valence-electron chi connectivity index (χ2n) is 5.30. The van der Waals surface area contributed by atoms with Gasteiger partial charge >= 0.3 is 0 Å². The van der Waals surface area contributed by atoms with E-state index in [4.69, 9.17) is 4.74 Å². The molecule has 0 saturated carbocycles. The number of hydrogen-bond acceptors (Lipinski definition) is 3. The Kier molecular flexibility index (Phi) is 5.39. The number of hydrogen-bond donors (Lipinski definition) is 1. The van der Waals surface area contributed by atoms with E-state index in [1.54, 1.807) is 0 Å². The molecular formula is C17H25N3O. The average Bonchev–Trinajstić information content (AvgIpc) is 2.92. The van der Waals surface area contributed by atoms with Crippen LogP contribution >= 0.6 is 0 Å². The summed E-state index contributed by atoms with van der Waals surface area (Å²) in [5.74, 6) is 0.910. The summed E-state index contributed by atoms with van der Waals surface area (Å²) in [6.45, 7) is 10.1. The molecule has 4 heteroatoms. The molecule has 4 nitrogen and oxygen atoms in total. The zero-order chi connectivity index (χ0) is 15.2. The van der Waals surface area contributed by atoms with Gasteiger partial charge in [0.15, 0.2) is 0 Å². The van der Waals surface area contributed by atoms with Crippen LogP contribution in [0.4, 0.5) is 0 Å². The molecule has 1 aromatic heterocycles. The van der Waals surface area contributed by atoms with Gasteiger partial charge in [-0.1, -0.05) is 19.1 Å². The minimum atomic E-state index is 0.133. The largest absolute Gasteiger partial charge is 0.491 e. The molecule has 114 valence electrons. The first-order valence-corrected chi connectivity index (χ1v) is 7.67. The lowest BCUT2D eigenvalue weighted by Crippen LogP contribution is -2.24. The smallest absolute Gasteiger partial charge is 0.120 e. The van der Waals surface area contributed by atoms with Gasteiger partial charge in [0.25, 0.3) is 0 Å². The maximum atomic E-state index is 5.81. The SMILES string of the molecule is CCNC(c1cccc(OC(C)C)c1)c1ccnn1CC. The molecule has 0 spiro atoms. The lowest BCUT2D eigenvalue weighted by Gasteiger charge is -2.20. The highest BCUT2D eigenvalue weighted by Gasteiger charge is 2.17. The van der Waals surface area contributed by atoms with Gasteiger partial charge in [-0.05, 0) is 51.1 Å². The molecule has 0 radical (unpaired) electrons. The Balaban J connectivity index is 2.34. The summed E-state index contributed by atoms with van der Waals surface area (Å²) >= 11 is 0. The van der Waals surface area contributed by atoms with Crippen molar-refractivity contribution in [1.29, 1.82) is 0 Å². The molecule has 21 heavy (non-hydrogen) atoms. The number of nitrogens with zero attached hydrogens (tertiary/aromatic N) is 2. The van der Waals surface area contributed by atoms with Crippen LogP contribution in [0, 0.1) is 0 Å². The number of ether oxygens (including phenoxy) is 1. The summed E-state index contributed by atoms with van der Waals surface area (Å²) in [6.07, 6.45) is 2.04. The van der Waals surface area contributed by atoms with Gasteiger partial charge < -0.3 is 10.1 Å². The Labute approximate surface area is 127 Å². The predicted octanol–water partition coefficient (Wildman–Crippen LogP) is 3.39. The number of benzene rings is 1. The van der Waals surface area contributed by atoms with Crippen molar-refractivity contribution in [3.63, 3.8) is 0 Å². The van der Waals surface area contributed by atoms with Gasteiger partial charge in [-0.15, -0.1) is 0 Å². The van der Waals surface area contributed by atoms with Crippen molar-refractivity contribution < 1.29 is 4.74 Å². The van der Waals surface area contributed by atoms with Gasteiger partial charge in [0.2, 0.25) is 0 Å². The second-order valence-corrected chi connectivity index (χ2v) is 5.30. The van der Waals surface area contributed by atoms with E-state index in [0.29, 0.717) is 0 Å². The Morgan fingerprint density at radius 3 is 2.71 bits per heavy atom. The van der Waals surface area contributed by atoms with Crippen LogP contribution in [-0.2, 0) is 6.54 Å². The summed E-state index contributed by atoms with van der Waals surface area (Å²) in [7, 11) is 0. The Morgan fingerprint density at radius 1 is 1.24 bits per heavy atom. The van der Waals surface area contributed by atoms with Crippen molar-refractivity contribution in [3.05, 3.63) is 47.8 Å². The minimum Gasteiger partial charge on any atom is -0.491 e. The van der Waals surface area contributed by atoms with E-state index >= 15 is 0 Å². The first-order valence-electron chi connectivity index (χ1n) is 7.67. The zero-order valence-corrected chi connectivity index (χ0v) is 13.3. The third-order valence-corrected chi connectivity index (χ3v) is 3.32. The number of aryl methyl sites for hydroxylation is 1. The number of aromatic nitrogens is 2. The van der Waals surface area contributed by atoms with Gasteiger partial charge in [0.05, 0.1) is 17.8 Å². The van der Waals surface area contributed by atoms with Crippen LogP contribution in [0.1, 0.15) is 45.0 Å². The number of nitrogens with one attached hydrogen (secondary N) is 1. The Bertz CT molecular complexity index is 563. The monoisotopic (exact) mass is 287 g/mol. The molecule has 0 bridgehead atoms. The molecule has 0 amide bonds. The van der Waals surface area contributed by atoms with Crippen molar-refractivity contribution in [2.45, 2.75) is 46.4 Å². The van der Waals surface area contributed by atoms with Crippen molar-refractivity contribution in [3.8, 4) is 5.75 Å². The molecule has 1 N–H and O–H groups in total. The quantitative estimate of drug-likeness (QED) is 0.848. The first-order chi connectivity index (χ1) is 10.2. The molecule has 0 aliphatic rings. The molecule has 2 rings (SSSR count). The third kappa shape index (κ3) is 3.85. The van der Waals surface area contributed by atoms with Crippen LogP contribution in [0.3, 0.4) is 0 Å². The molecule has 0 aliphatic carbocycles. The lowest BCUT2D eigenvalue weighted by molar-refractivity contribution is 0.242. The summed E-state index contributed by atoms with van der Waals surface area (Å²) in [5.41, 5.74) is 2.38. The Morgan fingerprint density at radius 2 is 2.05 bits per heavy atom. The molecule has 1 aromatic carbocycles. The Hall–Kier alpha value is -1.81. The van der Waals surface area contributed by atoms with E-state index < -0.39 is 0 Å². The summed E-state index contributed by atoms with van der Waals surface area (Å²) in [5, 5.41) is 7.92. The van der Waals surface area contributed by atoms with Crippen LogP contribution in [0.15, 0.2) is 36.5 Å². The third-order valence-electron chi connectivity index (χ3n) is 3.32. The van der Waals surface area contributed by atoms with Crippen LogP contribution < -0.4 is 10.1 Å². The van der Waals surface area contributed by atoms with Crippen LogP contribution in [-0.4, -0.2) is 22.4 Å². The minimum absolute atomic E-state index is 0.133. The van der Waals surface area contributed by atoms with Gasteiger partial charge in [-0.25, -0.2) is 0 Å². The number of rotatable bonds is 7. The van der Waals surface area contributed by atoms with Gasteiger partial charge in [0.1, 0.15) is 5.75 Å². The van der Waals surface area contributed by atoms with E-state index in [9.17, 15) is 0 Å². The highest BCUT2D eigenvalue weighted by atomic mass is 16.5. The lowest BCUT2D eigenvalue weighted by atomic mass is 10.0. The van der Waals surface area contributed by atoms with Gasteiger partial charge in [0, 0.05) is 12.7 Å². The fourth-order valence-electron chi connectivity index (χ4n) is 2.49. The zero-order valence-electron chi connectivity index (χ0n) is 13.3. The van der Waals surface area contributed by atoms with Crippen LogP contribution in [0.25, 0.3) is 0 Å². The summed E-state index contributed by atoms with van der Waals surface area (Å²) < 4.78 is 7.84. The molecule has 0 saturated heterocycles. The fourth-order valence-corrected chi connectivity index (χ4v) is 2.49. The van der Waals surface area contributed by atoms with Crippen molar-refractivity contribution in [2.75, 3.05) is 6.54 Å². The molecule has 0 fully saturated rings. The maximum Gasteiger partial charge on any atom is 0.120 e.